The summed E-state index contributed by atoms with van der Waals surface area (Å²) in [7, 11) is 0. The van der Waals surface area contributed by atoms with Gasteiger partial charge in [0.25, 0.3) is 0 Å². The number of ether oxygens (including phenoxy) is 1. The fraction of sp³-hybridized carbons (Fsp3) is 0.200. The van der Waals surface area contributed by atoms with E-state index in [4.69, 9.17) is 9.72 Å². The highest BCUT2D eigenvalue weighted by molar-refractivity contribution is 14.1. The Morgan fingerprint density at radius 3 is 2.00 bits per heavy atom. The molecule has 0 saturated heterocycles. The number of carbonyl (C=O) groups is 1. The van der Waals surface area contributed by atoms with Gasteiger partial charge in [-0.3, -0.25) is 0 Å². The van der Waals surface area contributed by atoms with Crippen LogP contribution in [0.2, 0.25) is 0 Å². The Hall–Kier alpha value is -2.47. The van der Waals surface area contributed by atoms with E-state index in [-0.39, 0.29) is 18.0 Å². The molecular weight excluding hydrogens is 473 g/mol. The third-order valence-corrected chi connectivity index (χ3v) is 5.31. The molecule has 0 bridgehead atoms. The summed E-state index contributed by atoms with van der Waals surface area (Å²) in [4.78, 5) is 18.1. The Morgan fingerprint density at radius 2 is 1.52 bits per heavy atom. The molecule has 148 valence electrons. The molecule has 0 fully saturated rings. The third-order valence-electron chi connectivity index (χ3n) is 4.52. The number of rotatable bonds is 5. The summed E-state index contributed by atoms with van der Waals surface area (Å²) in [6.07, 6.45) is 1.58. The van der Waals surface area contributed by atoms with E-state index in [1.807, 2.05) is 60.7 Å². The summed E-state index contributed by atoms with van der Waals surface area (Å²) >= 11 is 2.27. The molecule has 3 aromatic rings. The van der Waals surface area contributed by atoms with Crippen LogP contribution in [0.5, 0.6) is 0 Å². The van der Waals surface area contributed by atoms with Crippen LogP contribution < -0.4 is 0 Å². The van der Waals surface area contributed by atoms with Gasteiger partial charge >= 0.3 is 5.97 Å². The standard InChI is InChI=1S/C25H24INO2/c1-5-16-29-24(28)21-19(17-12-8-6-9-13-17)20(18-14-10-7-11-15-18)23(26)27-22(21)25(2,3)4/h5-15H,1,16H2,2-4H3. The Balaban J connectivity index is 2.45. The molecule has 0 aliphatic heterocycles. The van der Waals surface area contributed by atoms with Gasteiger partial charge in [-0.25, -0.2) is 9.78 Å². The summed E-state index contributed by atoms with van der Waals surface area (Å²) in [5.41, 5.74) is 4.69. The van der Waals surface area contributed by atoms with Crippen molar-refractivity contribution in [1.82, 2.24) is 4.98 Å². The lowest BCUT2D eigenvalue weighted by Gasteiger charge is -2.26. The lowest BCUT2D eigenvalue weighted by Crippen LogP contribution is -2.23. The molecule has 0 saturated carbocycles. The number of aromatic nitrogens is 1. The smallest absolute Gasteiger partial charge is 0.340 e. The molecular formula is C25H24INO2. The molecule has 0 amide bonds. The zero-order valence-corrected chi connectivity index (χ0v) is 19.1. The summed E-state index contributed by atoms with van der Waals surface area (Å²) in [5.74, 6) is -0.380. The van der Waals surface area contributed by atoms with E-state index in [0.717, 1.165) is 31.6 Å². The van der Waals surface area contributed by atoms with Crippen LogP contribution in [0.15, 0.2) is 73.3 Å². The monoisotopic (exact) mass is 497 g/mol. The first-order valence-corrected chi connectivity index (χ1v) is 10.5. The van der Waals surface area contributed by atoms with E-state index >= 15 is 0 Å². The molecule has 3 nitrogen and oxygen atoms in total. The quantitative estimate of drug-likeness (QED) is 0.171. The molecule has 29 heavy (non-hydrogen) atoms. The Labute approximate surface area is 186 Å². The van der Waals surface area contributed by atoms with Crippen molar-refractivity contribution in [2.75, 3.05) is 6.61 Å². The van der Waals surface area contributed by atoms with Crippen molar-refractivity contribution < 1.29 is 9.53 Å². The van der Waals surface area contributed by atoms with Crippen LogP contribution in [0, 0.1) is 3.70 Å². The predicted molar refractivity (Wildman–Crippen MR) is 127 cm³/mol. The predicted octanol–water partition coefficient (Wildman–Crippen LogP) is 6.66. The Morgan fingerprint density at radius 1 is 1.00 bits per heavy atom. The second kappa shape index (κ2) is 8.91. The maximum atomic E-state index is 13.2. The SMILES string of the molecule is C=CCOC(=O)c1c(C(C)(C)C)nc(I)c(-c2ccccc2)c1-c1ccccc1. The van der Waals surface area contributed by atoms with Gasteiger partial charge in [0.15, 0.2) is 0 Å². The molecule has 0 unspecified atom stereocenters. The van der Waals surface area contributed by atoms with Gasteiger partial charge in [-0.05, 0) is 33.7 Å². The van der Waals surface area contributed by atoms with Gasteiger partial charge in [-0.15, -0.1) is 0 Å². The molecule has 1 heterocycles. The van der Waals surface area contributed by atoms with Crippen molar-refractivity contribution in [1.29, 1.82) is 0 Å². The number of esters is 1. The van der Waals surface area contributed by atoms with Crippen molar-refractivity contribution in [3.05, 3.63) is 88.3 Å². The lowest BCUT2D eigenvalue weighted by molar-refractivity contribution is 0.0547. The van der Waals surface area contributed by atoms with Crippen molar-refractivity contribution in [2.45, 2.75) is 26.2 Å². The van der Waals surface area contributed by atoms with E-state index < -0.39 is 0 Å². The normalized spacial score (nSPS) is 11.2. The van der Waals surface area contributed by atoms with Crippen LogP contribution in [0.25, 0.3) is 22.3 Å². The topological polar surface area (TPSA) is 39.2 Å². The highest BCUT2D eigenvalue weighted by Crippen LogP contribution is 2.41. The van der Waals surface area contributed by atoms with E-state index in [9.17, 15) is 4.79 Å². The number of pyridine rings is 1. The number of halogens is 1. The minimum absolute atomic E-state index is 0.156. The molecule has 2 aromatic carbocycles. The van der Waals surface area contributed by atoms with Crippen LogP contribution in [0.3, 0.4) is 0 Å². The van der Waals surface area contributed by atoms with Crippen LogP contribution in [-0.4, -0.2) is 17.6 Å². The first-order valence-electron chi connectivity index (χ1n) is 9.47. The fourth-order valence-corrected chi connectivity index (χ4v) is 4.09. The van der Waals surface area contributed by atoms with Gasteiger partial charge in [0, 0.05) is 16.5 Å². The molecule has 0 aliphatic rings. The largest absolute Gasteiger partial charge is 0.458 e. The van der Waals surface area contributed by atoms with Gasteiger partial charge < -0.3 is 4.74 Å². The zero-order valence-electron chi connectivity index (χ0n) is 16.9. The average Bonchev–Trinajstić information content (AvgIpc) is 2.71. The fourth-order valence-electron chi connectivity index (χ4n) is 3.27. The molecule has 4 heteroatoms. The zero-order chi connectivity index (χ0) is 21.0. The highest BCUT2D eigenvalue weighted by atomic mass is 127. The lowest BCUT2D eigenvalue weighted by atomic mass is 9.83. The van der Waals surface area contributed by atoms with E-state index in [2.05, 4.69) is 49.9 Å². The number of carbonyl (C=O) groups excluding carboxylic acids is 1. The summed E-state index contributed by atoms with van der Waals surface area (Å²) < 4.78 is 6.37. The maximum Gasteiger partial charge on any atom is 0.340 e. The van der Waals surface area contributed by atoms with E-state index in [0.29, 0.717) is 5.56 Å². The second-order valence-corrected chi connectivity index (χ2v) is 8.77. The van der Waals surface area contributed by atoms with Crippen LogP contribution in [-0.2, 0) is 10.2 Å². The Kier molecular flexibility index (Phi) is 6.52. The van der Waals surface area contributed by atoms with Crippen LogP contribution >= 0.6 is 22.6 Å². The van der Waals surface area contributed by atoms with Crippen LogP contribution in [0.1, 0.15) is 36.8 Å². The van der Waals surface area contributed by atoms with Crippen LogP contribution in [0.4, 0.5) is 0 Å². The van der Waals surface area contributed by atoms with E-state index in [1.165, 1.54) is 0 Å². The summed E-state index contributed by atoms with van der Waals surface area (Å²) in [5, 5.41) is 0. The summed E-state index contributed by atoms with van der Waals surface area (Å²) in [6, 6.07) is 20.0. The van der Waals surface area contributed by atoms with E-state index in [1.54, 1.807) is 6.08 Å². The average molecular weight is 497 g/mol. The van der Waals surface area contributed by atoms with Gasteiger partial charge in [-0.2, -0.15) is 0 Å². The Bertz CT molecular complexity index is 1020. The highest BCUT2D eigenvalue weighted by Gasteiger charge is 2.31. The first kappa shape index (κ1) is 21.2. The number of hydrogen-bond acceptors (Lipinski definition) is 3. The van der Waals surface area contributed by atoms with Crippen molar-refractivity contribution in [2.24, 2.45) is 0 Å². The van der Waals surface area contributed by atoms with Gasteiger partial charge in [0.2, 0.25) is 0 Å². The third kappa shape index (κ3) is 4.58. The van der Waals surface area contributed by atoms with Crippen molar-refractivity contribution >= 4 is 28.6 Å². The molecule has 0 aliphatic carbocycles. The molecule has 3 rings (SSSR count). The maximum absolute atomic E-state index is 13.2. The second-order valence-electron chi connectivity index (χ2n) is 7.75. The number of hydrogen-bond donors (Lipinski definition) is 0. The molecule has 0 N–H and O–H groups in total. The molecule has 0 spiro atoms. The van der Waals surface area contributed by atoms with Gasteiger partial charge in [0.1, 0.15) is 10.3 Å². The summed E-state index contributed by atoms with van der Waals surface area (Å²) in [6.45, 7) is 10.0. The molecule has 0 radical (unpaired) electrons. The first-order chi connectivity index (χ1) is 13.8. The minimum Gasteiger partial charge on any atom is -0.458 e. The molecule has 1 aromatic heterocycles. The number of nitrogens with zero attached hydrogens (tertiary/aromatic N) is 1. The number of benzene rings is 2. The van der Waals surface area contributed by atoms with Crippen molar-refractivity contribution in [3.8, 4) is 22.3 Å². The minimum atomic E-state index is -0.380. The van der Waals surface area contributed by atoms with Crippen molar-refractivity contribution in [3.63, 3.8) is 0 Å². The molecule has 0 atom stereocenters. The van der Waals surface area contributed by atoms with Gasteiger partial charge in [-0.1, -0.05) is 94.1 Å². The van der Waals surface area contributed by atoms with Gasteiger partial charge in [0.05, 0.1) is 11.3 Å².